The number of carbonyl (C=O) groups excluding carboxylic acids is 1. The molecule has 186 valence electrons. The Morgan fingerprint density at radius 2 is 1.72 bits per heavy atom. The van der Waals surface area contributed by atoms with Crippen LogP contribution in [0.5, 0.6) is 0 Å². The summed E-state index contributed by atoms with van der Waals surface area (Å²) in [7, 11) is 0. The third kappa shape index (κ3) is 5.46. The molecule has 1 amide bonds. The van der Waals surface area contributed by atoms with Crippen LogP contribution in [-0.2, 0) is 24.1 Å². The highest BCUT2D eigenvalue weighted by atomic mass is 35.5. The van der Waals surface area contributed by atoms with Crippen LogP contribution in [0.4, 0.5) is 5.69 Å². The molecule has 1 aliphatic carbocycles. The predicted molar refractivity (Wildman–Crippen MR) is 141 cm³/mol. The zero-order chi connectivity index (χ0) is 25.7. The predicted octanol–water partition coefficient (Wildman–Crippen LogP) is 5.83. The van der Waals surface area contributed by atoms with Crippen molar-refractivity contribution < 1.29 is 9.72 Å². The van der Waals surface area contributed by atoms with Gasteiger partial charge in [-0.2, -0.15) is 0 Å². The number of likely N-dealkylation sites (tertiary alicyclic amines) is 1. The van der Waals surface area contributed by atoms with E-state index in [0.29, 0.717) is 31.0 Å². The van der Waals surface area contributed by atoms with E-state index in [1.165, 1.54) is 11.8 Å². The lowest BCUT2D eigenvalue weighted by atomic mass is 9.88. The number of rotatable bonds is 3. The molecular formula is C28H29ClN4O3. The van der Waals surface area contributed by atoms with Crippen molar-refractivity contribution >= 4 is 28.8 Å². The van der Waals surface area contributed by atoms with Gasteiger partial charge in [-0.25, -0.2) is 4.98 Å². The van der Waals surface area contributed by atoms with Gasteiger partial charge in [0.1, 0.15) is 6.20 Å². The smallest absolute Gasteiger partial charge is 0.287 e. The average Bonchev–Trinajstić information content (AvgIpc) is 3.06. The van der Waals surface area contributed by atoms with E-state index in [2.05, 4.69) is 9.97 Å². The molecule has 7 nitrogen and oxygen atoms in total. The van der Waals surface area contributed by atoms with E-state index in [-0.39, 0.29) is 11.6 Å². The minimum Gasteiger partial charge on any atom is -0.342 e. The third-order valence-corrected chi connectivity index (χ3v) is 6.81. The second-order valence-electron chi connectivity index (χ2n) is 8.65. The Labute approximate surface area is 216 Å². The highest BCUT2D eigenvalue weighted by molar-refractivity contribution is 6.30. The lowest BCUT2D eigenvalue weighted by Crippen LogP contribution is -2.37. The molecule has 1 saturated heterocycles. The maximum atomic E-state index is 12.8. The number of hydrogen-bond acceptors (Lipinski definition) is 5. The molecule has 0 unspecified atom stereocenters. The number of aryl methyl sites for hydroxylation is 2. The molecule has 0 atom stereocenters. The van der Waals surface area contributed by atoms with Gasteiger partial charge < -0.3 is 4.90 Å². The van der Waals surface area contributed by atoms with Gasteiger partial charge in [0.05, 0.1) is 17.0 Å². The number of nitro groups is 1. The Kier molecular flexibility index (Phi) is 8.10. The summed E-state index contributed by atoms with van der Waals surface area (Å²) in [6.07, 6.45) is 7.97. The summed E-state index contributed by atoms with van der Waals surface area (Å²) in [5, 5.41) is 12.0. The fraction of sp³-hybridized carbons (Fsp3) is 0.321. The van der Waals surface area contributed by atoms with Crippen LogP contribution in [-0.4, -0.2) is 38.8 Å². The number of nitrogens with zero attached hydrogens (tertiary/aromatic N) is 4. The molecule has 0 spiro atoms. The van der Waals surface area contributed by atoms with E-state index in [1.54, 1.807) is 18.5 Å². The number of benzene rings is 1. The van der Waals surface area contributed by atoms with Crippen LogP contribution in [0.25, 0.3) is 5.57 Å². The first-order chi connectivity index (χ1) is 17.5. The Bertz CT molecular complexity index is 1300. The molecule has 8 heteroatoms. The van der Waals surface area contributed by atoms with E-state index in [9.17, 15) is 14.9 Å². The number of hydrogen-bond donors (Lipinski definition) is 0. The van der Waals surface area contributed by atoms with Gasteiger partial charge in [-0.1, -0.05) is 37.1 Å². The lowest BCUT2D eigenvalue weighted by molar-refractivity contribution is -0.385. The fourth-order valence-corrected chi connectivity index (χ4v) is 5.04. The Hall–Kier alpha value is -3.58. The van der Waals surface area contributed by atoms with Gasteiger partial charge in [-0.15, -0.1) is 0 Å². The standard InChI is InChI=1S/C26H23ClN4O3.C2H6/c27-21-3-4-23-19(14-21)1-2-20-15-22(31(33)34)16-29-26(20)25(23)18-7-11-30(12-8-18)24(32)13-17-5-9-28-10-6-17;1-2/h3-6,9-10,14-16H,1-2,7-8,11-13H2;1-2H3. The molecule has 3 heterocycles. The van der Waals surface area contributed by atoms with Crippen molar-refractivity contribution in [1.29, 1.82) is 0 Å². The summed E-state index contributed by atoms with van der Waals surface area (Å²) >= 11 is 6.29. The molecule has 36 heavy (non-hydrogen) atoms. The summed E-state index contributed by atoms with van der Waals surface area (Å²) in [5.74, 6) is 0.109. The normalized spacial score (nSPS) is 14.7. The van der Waals surface area contributed by atoms with E-state index in [0.717, 1.165) is 52.8 Å². The van der Waals surface area contributed by atoms with Crippen LogP contribution >= 0.6 is 11.6 Å². The number of pyridine rings is 2. The van der Waals surface area contributed by atoms with Crippen molar-refractivity contribution in [3.8, 4) is 0 Å². The van der Waals surface area contributed by atoms with Crippen molar-refractivity contribution in [2.75, 3.05) is 13.1 Å². The number of carbonyl (C=O) groups is 1. The first kappa shape index (κ1) is 25.5. The third-order valence-electron chi connectivity index (χ3n) is 6.58. The molecule has 1 fully saturated rings. The highest BCUT2D eigenvalue weighted by Crippen LogP contribution is 2.39. The van der Waals surface area contributed by atoms with E-state index in [4.69, 9.17) is 11.6 Å². The van der Waals surface area contributed by atoms with Crippen LogP contribution in [0.2, 0.25) is 5.02 Å². The van der Waals surface area contributed by atoms with Crippen LogP contribution in [0, 0.1) is 10.1 Å². The maximum absolute atomic E-state index is 12.8. The fourth-order valence-electron chi connectivity index (χ4n) is 4.84. The van der Waals surface area contributed by atoms with Gasteiger partial charge in [0, 0.05) is 42.1 Å². The van der Waals surface area contributed by atoms with Crippen molar-refractivity contribution in [2.45, 2.75) is 46.0 Å². The first-order valence-corrected chi connectivity index (χ1v) is 12.7. The van der Waals surface area contributed by atoms with E-state index in [1.807, 2.05) is 49.1 Å². The van der Waals surface area contributed by atoms with Gasteiger partial charge in [-0.05, 0) is 72.2 Å². The Morgan fingerprint density at radius 1 is 1.03 bits per heavy atom. The lowest BCUT2D eigenvalue weighted by Gasteiger charge is -2.30. The van der Waals surface area contributed by atoms with E-state index >= 15 is 0 Å². The summed E-state index contributed by atoms with van der Waals surface area (Å²) in [4.78, 5) is 34.3. The zero-order valence-electron chi connectivity index (χ0n) is 20.5. The topological polar surface area (TPSA) is 89.2 Å². The summed E-state index contributed by atoms with van der Waals surface area (Å²) in [6.45, 7) is 5.27. The Morgan fingerprint density at radius 3 is 2.42 bits per heavy atom. The molecule has 0 radical (unpaired) electrons. The molecule has 1 aromatic carbocycles. The number of amides is 1. The Balaban J connectivity index is 0.00000148. The van der Waals surface area contributed by atoms with Crippen LogP contribution in [0.3, 0.4) is 0 Å². The largest absolute Gasteiger partial charge is 0.342 e. The summed E-state index contributed by atoms with van der Waals surface area (Å²) in [6, 6.07) is 11.3. The number of fused-ring (bicyclic) bond motifs is 2. The maximum Gasteiger partial charge on any atom is 0.287 e. The summed E-state index contributed by atoms with van der Waals surface area (Å²) < 4.78 is 0. The quantitative estimate of drug-likeness (QED) is 0.330. The van der Waals surface area contributed by atoms with Gasteiger partial charge >= 0.3 is 0 Å². The van der Waals surface area contributed by atoms with Gasteiger partial charge in [0.25, 0.3) is 5.69 Å². The number of piperidine rings is 1. The van der Waals surface area contributed by atoms with Crippen molar-refractivity contribution in [1.82, 2.24) is 14.9 Å². The van der Waals surface area contributed by atoms with Gasteiger partial charge in [-0.3, -0.25) is 19.9 Å². The van der Waals surface area contributed by atoms with Crippen LogP contribution in [0.15, 0.2) is 60.6 Å². The van der Waals surface area contributed by atoms with Gasteiger partial charge in [0.15, 0.2) is 0 Å². The van der Waals surface area contributed by atoms with E-state index < -0.39 is 4.92 Å². The van der Waals surface area contributed by atoms with Crippen LogP contribution in [0.1, 0.15) is 54.6 Å². The SMILES string of the molecule is CC.O=C(Cc1ccncc1)N1CCC(=C2c3ccc(Cl)cc3CCc3cc([N+](=O)[O-])cnc32)CC1. The molecule has 2 aliphatic rings. The summed E-state index contributed by atoms with van der Waals surface area (Å²) in [5.41, 5.74) is 7.10. The van der Waals surface area contributed by atoms with Crippen LogP contribution < -0.4 is 0 Å². The molecular weight excluding hydrogens is 476 g/mol. The zero-order valence-corrected chi connectivity index (χ0v) is 21.3. The monoisotopic (exact) mass is 504 g/mol. The first-order valence-electron chi connectivity index (χ1n) is 12.3. The minimum atomic E-state index is -0.401. The van der Waals surface area contributed by atoms with Crippen molar-refractivity contribution in [3.05, 3.63) is 104 Å². The molecule has 1 aliphatic heterocycles. The van der Waals surface area contributed by atoms with Gasteiger partial charge in [0.2, 0.25) is 5.91 Å². The van der Waals surface area contributed by atoms with Crippen molar-refractivity contribution in [2.24, 2.45) is 0 Å². The highest BCUT2D eigenvalue weighted by Gasteiger charge is 2.27. The molecule has 0 saturated carbocycles. The molecule has 0 N–H and O–H groups in total. The molecule has 2 aromatic heterocycles. The second kappa shape index (κ2) is 11.4. The number of aromatic nitrogens is 2. The molecule has 5 rings (SSSR count). The minimum absolute atomic E-state index is 0.00335. The average molecular weight is 505 g/mol. The number of halogens is 1. The van der Waals surface area contributed by atoms with Crippen molar-refractivity contribution in [3.63, 3.8) is 0 Å². The molecule has 0 bridgehead atoms. The second-order valence-corrected chi connectivity index (χ2v) is 9.09. The molecule has 3 aromatic rings.